The number of rotatable bonds is 5. The first-order valence-electron chi connectivity index (χ1n) is 7.46. The van der Waals surface area contributed by atoms with Gasteiger partial charge in [-0.3, -0.25) is 5.10 Å². The van der Waals surface area contributed by atoms with Gasteiger partial charge in [0, 0.05) is 29.8 Å². The highest BCUT2D eigenvalue weighted by molar-refractivity contribution is 5.23. The van der Waals surface area contributed by atoms with E-state index in [1.165, 1.54) is 37.3 Å². The fraction of sp³-hybridized carbons (Fsp3) is 0.800. The maximum atomic E-state index is 4.19. The van der Waals surface area contributed by atoms with Crippen LogP contribution in [0.5, 0.6) is 0 Å². The Morgan fingerprint density at radius 1 is 1.47 bits per heavy atom. The monoisotopic (exact) mass is 264 g/mol. The van der Waals surface area contributed by atoms with Gasteiger partial charge in [0.25, 0.3) is 0 Å². The van der Waals surface area contributed by atoms with E-state index >= 15 is 0 Å². The molecule has 1 aromatic heterocycles. The maximum Gasteiger partial charge on any atom is 0.0535 e. The van der Waals surface area contributed by atoms with Crippen molar-refractivity contribution < 1.29 is 0 Å². The van der Waals surface area contributed by atoms with Gasteiger partial charge in [-0.05, 0) is 32.0 Å². The number of H-pyrrole nitrogens is 1. The molecule has 0 amide bonds. The van der Waals surface area contributed by atoms with E-state index in [1.807, 2.05) is 6.20 Å². The van der Waals surface area contributed by atoms with Crippen LogP contribution in [-0.4, -0.2) is 41.3 Å². The van der Waals surface area contributed by atoms with Crippen LogP contribution in [0, 0.1) is 5.92 Å². The number of aromatic nitrogens is 2. The minimum absolute atomic E-state index is 0.139. The Bertz CT molecular complexity index is 391. The van der Waals surface area contributed by atoms with E-state index in [0.717, 1.165) is 19.0 Å². The Hall–Kier alpha value is -0.870. The van der Waals surface area contributed by atoms with Gasteiger partial charge in [0.05, 0.1) is 6.20 Å². The van der Waals surface area contributed by atoms with E-state index < -0.39 is 0 Å². The highest BCUT2D eigenvalue weighted by atomic mass is 15.1. The zero-order valence-corrected chi connectivity index (χ0v) is 12.8. The lowest BCUT2D eigenvalue weighted by molar-refractivity contribution is 0.338. The van der Waals surface area contributed by atoms with Crippen LogP contribution in [0.15, 0.2) is 6.20 Å². The summed E-state index contributed by atoms with van der Waals surface area (Å²) >= 11 is 0. The first kappa shape index (κ1) is 14.5. The number of hydrogen-bond donors (Lipinski definition) is 2. The summed E-state index contributed by atoms with van der Waals surface area (Å²) in [5.41, 5.74) is 2.69. The van der Waals surface area contributed by atoms with Gasteiger partial charge >= 0.3 is 0 Å². The molecule has 1 aromatic rings. The first-order chi connectivity index (χ1) is 9.00. The molecule has 0 spiro atoms. The van der Waals surface area contributed by atoms with Gasteiger partial charge in [0.1, 0.15) is 0 Å². The largest absolute Gasteiger partial charge is 0.312 e. The molecule has 1 atom stereocenters. The van der Waals surface area contributed by atoms with E-state index in [9.17, 15) is 0 Å². The summed E-state index contributed by atoms with van der Waals surface area (Å²) in [6.45, 7) is 14.7. The van der Waals surface area contributed by atoms with Crippen molar-refractivity contribution in [2.24, 2.45) is 5.92 Å². The van der Waals surface area contributed by atoms with Crippen LogP contribution in [0.4, 0.5) is 0 Å². The summed E-state index contributed by atoms with van der Waals surface area (Å²) in [6.07, 6.45) is 3.29. The Balaban J connectivity index is 1.79. The second-order valence-corrected chi connectivity index (χ2v) is 6.70. The van der Waals surface area contributed by atoms with Gasteiger partial charge in [0.15, 0.2) is 0 Å². The molecule has 0 unspecified atom stereocenters. The second kappa shape index (κ2) is 6.06. The molecule has 1 fully saturated rings. The average Bonchev–Trinajstić information content (AvgIpc) is 2.96. The number of nitrogens with zero attached hydrogens (tertiary/aromatic N) is 2. The van der Waals surface area contributed by atoms with Crippen LogP contribution in [0.1, 0.15) is 45.4 Å². The molecule has 0 saturated carbocycles. The number of hydrogen-bond acceptors (Lipinski definition) is 3. The Morgan fingerprint density at radius 3 is 2.89 bits per heavy atom. The van der Waals surface area contributed by atoms with E-state index in [0.29, 0.717) is 0 Å². The molecule has 4 heteroatoms. The molecule has 2 N–H and O–H groups in total. The number of nitrogens with one attached hydrogen (secondary N) is 2. The predicted molar refractivity (Wildman–Crippen MR) is 79.2 cm³/mol. The third-order valence-electron chi connectivity index (χ3n) is 4.03. The van der Waals surface area contributed by atoms with Crippen LogP contribution < -0.4 is 5.32 Å². The van der Waals surface area contributed by atoms with Gasteiger partial charge in [-0.1, -0.05) is 27.7 Å². The van der Waals surface area contributed by atoms with Crippen molar-refractivity contribution >= 4 is 0 Å². The van der Waals surface area contributed by atoms with Crippen molar-refractivity contribution in [3.05, 3.63) is 17.5 Å². The predicted octanol–water partition coefficient (Wildman–Crippen LogP) is 2.14. The van der Waals surface area contributed by atoms with Crippen molar-refractivity contribution in [2.45, 2.75) is 46.1 Å². The summed E-state index contributed by atoms with van der Waals surface area (Å²) in [6, 6.07) is 0. The minimum Gasteiger partial charge on any atom is -0.312 e. The highest BCUT2D eigenvalue weighted by Gasteiger charge is 2.22. The number of likely N-dealkylation sites (tertiary alicyclic amines) is 1. The molecule has 1 aliphatic heterocycles. The molecule has 4 nitrogen and oxygen atoms in total. The zero-order chi connectivity index (χ0) is 13.9. The fourth-order valence-corrected chi connectivity index (χ4v) is 2.87. The molecule has 108 valence electrons. The molecule has 0 aliphatic carbocycles. The van der Waals surface area contributed by atoms with E-state index in [1.54, 1.807) is 0 Å². The smallest absolute Gasteiger partial charge is 0.0535 e. The molecule has 2 heterocycles. The van der Waals surface area contributed by atoms with Crippen LogP contribution >= 0.6 is 0 Å². The molecule has 1 saturated heterocycles. The van der Waals surface area contributed by atoms with Gasteiger partial charge in [-0.25, -0.2) is 0 Å². The summed E-state index contributed by atoms with van der Waals surface area (Å²) in [5, 5.41) is 10.9. The lowest BCUT2D eigenvalue weighted by atomic mass is 9.89. The normalized spacial score (nSPS) is 21.2. The molecule has 2 rings (SSSR count). The molecule has 1 aliphatic rings. The zero-order valence-electron chi connectivity index (χ0n) is 12.8. The Morgan fingerprint density at radius 2 is 2.26 bits per heavy atom. The maximum absolute atomic E-state index is 4.19. The number of aromatic amines is 1. The molecule has 0 bridgehead atoms. The average molecular weight is 264 g/mol. The molecule has 19 heavy (non-hydrogen) atoms. The second-order valence-electron chi connectivity index (χ2n) is 6.70. The Kier molecular flexibility index (Phi) is 4.63. The summed E-state index contributed by atoms with van der Waals surface area (Å²) < 4.78 is 0. The lowest BCUT2D eigenvalue weighted by Gasteiger charge is -2.19. The fourth-order valence-electron chi connectivity index (χ4n) is 2.87. The Labute approximate surface area is 117 Å². The van der Waals surface area contributed by atoms with Gasteiger partial charge < -0.3 is 10.2 Å². The van der Waals surface area contributed by atoms with Crippen LogP contribution in [0.25, 0.3) is 0 Å². The van der Waals surface area contributed by atoms with Crippen molar-refractivity contribution in [3.63, 3.8) is 0 Å². The lowest BCUT2D eigenvalue weighted by Crippen LogP contribution is -2.27. The first-order valence-corrected chi connectivity index (χ1v) is 7.46. The third kappa shape index (κ3) is 3.80. The van der Waals surface area contributed by atoms with Gasteiger partial charge in [-0.2, -0.15) is 5.10 Å². The van der Waals surface area contributed by atoms with Crippen molar-refractivity contribution in [1.29, 1.82) is 0 Å². The van der Waals surface area contributed by atoms with Gasteiger partial charge in [0.2, 0.25) is 0 Å². The third-order valence-corrected chi connectivity index (χ3v) is 4.03. The van der Waals surface area contributed by atoms with E-state index in [-0.39, 0.29) is 5.41 Å². The van der Waals surface area contributed by atoms with Crippen molar-refractivity contribution in [2.75, 3.05) is 26.2 Å². The summed E-state index contributed by atoms with van der Waals surface area (Å²) in [7, 11) is 0. The van der Waals surface area contributed by atoms with E-state index in [4.69, 9.17) is 0 Å². The minimum atomic E-state index is 0.139. The summed E-state index contributed by atoms with van der Waals surface area (Å²) in [4.78, 5) is 2.53. The SMILES string of the molecule is CCN1CC[C@H](CNCc2cn[nH]c2C(C)(C)C)C1. The van der Waals surface area contributed by atoms with E-state index in [2.05, 4.69) is 48.1 Å². The van der Waals surface area contributed by atoms with Crippen LogP contribution in [-0.2, 0) is 12.0 Å². The van der Waals surface area contributed by atoms with Crippen molar-refractivity contribution in [3.8, 4) is 0 Å². The topological polar surface area (TPSA) is 44.0 Å². The molecule has 0 radical (unpaired) electrons. The van der Waals surface area contributed by atoms with Gasteiger partial charge in [-0.15, -0.1) is 0 Å². The highest BCUT2D eigenvalue weighted by Crippen LogP contribution is 2.23. The quantitative estimate of drug-likeness (QED) is 0.856. The molecular formula is C15H28N4. The molecular weight excluding hydrogens is 236 g/mol. The van der Waals surface area contributed by atoms with Crippen molar-refractivity contribution in [1.82, 2.24) is 20.4 Å². The summed E-state index contributed by atoms with van der Waals surface area (Å²) in [5.74, 6) is 0.810. The standard InChI is InChI=1S/C15H28N4/c1-5-19-7-6-12(11-19)8-16-9-13-10-17-18-14(13)15(2,3)4/h10,12,16H,5-9,11H2,1-4H3,(H,17,18)/t12-/m1/s1. The van der Waals surface area contributed by atoms with Crippen LogP contribution in [0.3, 0.4) is 0 Å². The van der Waals surface area contributed by atoms with Crippen LogP contribution in [0.2, 0.25) is 0 Å². The molecule has 0 aromatic carbocycles.